The van der Waals surface area contributed by atoms with Crippen molar-refractivity contribution in [2.24, 2.45) is 14.1 Å². The zero-order chi connectivity index (χ0) is 22.8. The predicted molar refractivity (Wildman–Crippen MR) is 111 cm³/mol. The Labute approximate surface area is 184 Å². The molecule has 0 aromatic carbocycles. The minimum absolute atomic E-state index is 0.171. The van der Waals surface area contributed by atoms with Crippen LogP contribution in [0.15, 0.2) is 24.0 Å². The van der Waals surface area contributed by atoms with Crippen LogP contribution in [0.5, 0.6) is 0 Å². The second-order valence-corrected chi connectivity index (χ2v) is 8.54. The average Bonchev–Trinajstić information content (AvgIpc) is 3.43. The molecule has 8 nitrogen and oxygen atoms in total. The molecule has 0 radical (unpaired) electrons. The van der Waals surface area contributed by atoms with Gasteiger partial charge in [-0.2, -0.15) is 23.4 Å². The first-order valence-corrected chi connectivity index (χ1v) is 10.7. The second kappa shape index (κ2) is 7.12. The highest BCUT2D eigenvalue weighted by Crippen LogP contribution is 2.38. The van der Waals surface area contributed by atoms with Crippen molar-refractivity contribution in [3.63, 3.8) is 0 Å². The Balaban J connectivity index is 1.52. The fourth-order valence-electron chi connectivity index (χ4n) is 4.29. The maximum atomic E-state index is 13.3. The van der Waals surface area contributed by atoms with Gasteiger partial charge in [0.15, 0.2) is 0 Å². The summed E-state index contributed by atoms with van der Waals surface area (Å²) in [6.45, 7) is 2.27. The molecule has 0 bridgehead atoms. The number of carbonyl (C=O) groups is 1. The van der Waals surface area contributed by atoms with Gasteiger partial charge in [0.2, 0.25) is 0 Å². The normalized spacial score (nSPS) is 16.6. The van der Waals surface area contributed by atoms with E-state index in [1.165, 1.54) is 18.4 Å². The third-order valence-electron chi connectivity index (χ3n) is 5.79. The number of hydrogen-bond acceptors (Lipinski definition) is 6. The summed E-state index contributed by atoms with van der Waals surface area (Å²) in [7, 11) is 2.95. The van der Waals surface area contributed by atoms with Gasteiger partial charge in [0, 0.05) is 32.4 Å². The van der Waals surface area contributed by atoms with Crippen molar-refractivity contribution in [1.82, 2.24) is 34.4 Å². The molecule has 1 aliphatic heterocycles. The van der Waals surface area contributed by atoms with Crippen LogP contribution in [0.4, 0.5) is 13.2 Å². The monoisotopic (exact) mass is 461 g/mol. The van der Waals surface area contributed by atoms with E-state index >= 15 is 0 Å². The molecule has 0 aliphatic carbocycles. The van der Waals surface area contributed by atoms with Crippen LogP contribution in [-0.2, 0) is 26.7 Å². The van der Waals surface area contributed by atoms with Crippen LogP contribution >= 0.6 is 11.3 Å². The fourth-order valence-corrected chi connectivity index (χ4v) is 5.05. The lowest BCUT2D eigenvalue weighted by Crippen LogP contribution is -2.39. The molecule has 5 rings (SSSR count). The van der Waals surface area contributed by atoms with Crippen LogP contribution in [-0.4, -0.2) is 46.9 Å². The Kier molecular flexibility index (Phi) is 4.59. The number of thiazole rings is 1. The first-order valence-electron chi connectivity index (χ1n) is 9.82. The van der Waals surface area contributed by atoms with E-state index in [9.17, 15) is 18.0 Å². The van der Waals surface area contributed by atoms with Gasteiger partial charge in [-0.1, -0.05) is 0 Å². The molecule has 32 heavy (non-hydrogen) atoms. The van der Waals surface area contributed by atoms with E-state index < -0.39 is 11.9 Å². The molecule has 5 heterocycles. The fraction of sp³-hybridized carbons (Fsp3) is 0.350. The minimum atomic E-state index is -4.50. The van der Waals surface area contributed by atoms with E-state index in [0.717, 1.165) is 21.0 Å². The van der Waals surface area contributed by atoms with Gasteiger partial charge < -0.3 is 4.90 Å². The Bertz CT molecular complexity index is 1350. The third kappa shape index (κ3) is 3.08. The van der Waals surface area contributed by atoms with Gasteiger partial charge in [0.1, 0.15) is 16.9 Å². The SMILES string of the molecule is C[C@H]1c2nn(C)c(-c3cc(C(F)(F)F)n(C)n3)c2CCN1C(=O)c1cncc2ncsc12. The van der Waals surface area contributed by atoms with Crippen molar-refractivity contribution in [2.75, 3.05) is 6.54 Å². The van der Waals surface area contributed by atoms with Crippen LogP contribution in [0.1, 0.15) is 40.3 Å². The van der Waals surface area contributed by atoms with Crippen molar-refractivity contribution in [3.8, 4) is 11.4 Å². The van der Waals surface area contributed by atoms with E-state index in [2.05, 4.69) is 20.2 Å². The topological polar surface area (TPSA) is 81.7 Å². The summed E-state index contributed by atoms with van der Waals surface area (Å²) in [6.07, 6.45) is -0.881. The number of amides is 1. The Morgan fingerprint density at radius 3 is 2.69 bits per heavy atom. The summed E-state index contributed by atoms with van der Waals surface area (Å²) in [4.78, 5) is 23.4. The molecule has 0 saturated heterocycles. The van der Waals surface area contributed by atoms with Crippen molar-refractivity contribution in [3.05, 3.63) is 46.5 Å². The molecule has 0 fully saturated rings. The van der Waals surface area contributed by atoms with E-state index in [4.69, 9.17) is 0 Å². The molecular formula is C20H18F3N7OS. The Morgan fingerprint density at radius 2 is 1.97 bits per heavy atom. The molecule has 1 atom stereocenters. The first-order chi connectivity index (χ1) is 15.2. The zero-order valence-corrected chi connectivity index (χ0v) is 18.2. The van der Waals surface area contributed by atoms with Gasteiger partial charge in [-0.3, -0.25) is 19.1 Å². The number of hydrogen-bond donors (Lipinski definition) is 0. The smallest absolute Gasteiger partial charge is 0.330 e. The molecule has 4 aromatic heterocycles. The predicted octanol–water partition coefficient (Wildman–Crippen LogP) is 3.60. The second-order valence-electron chi connectivity index (χ2n) is 7.68. The number of carbonyl (C=O) groups excluding carboxylic acids is 1. The number of alkyl halides is 3. The number of fused-ring (bicyclic) bond motifs is 2. The highest BCUT2D eigenvalue weighted by molar-refractivity contribution is 7.17. The standard InChI is InChI=1S/C20H18F3N7OS/c1-10-16-11(17(29(3)27-16)13-6-15(20(21,22)23)28(2)26-13)4-5-30(10)19(31)12-7-24-8-14-18(12)32-9-25-14/h6-10H,4-5H2,1-3H3/t10-/m0/s1. The highest BCUT2D eigenvalue weighted by Gasteiger charge is 2.38. The van der Waals surface area contributed by atoms with Crippen LogP contribution in [0.25, 0.3) is 21.6 Å². The van der Waals surface area contributed by atoms with Crippen LogP contribution < -0.4 is 0 Å². The molecule has 166 valence electrons. The molecule has 0 saturated carbocycles. The lowest BCUT2D eigenvalue weighted by Gasteiger charge is -2.33. The summed E-state index contributed by atoms with van der Waals surface area (Å²) >= 11 is 1.38. The average molecular weight is 461 g/mol. The maximum absolute atomic E-state index is 13.3. The molecule has 1 aliphatic rings. The first kappa shape index (κ1) is 20.6. The number of nitrogens with zero attached hydrogens (tertiary/aromatic N) is 7. The lowest BCUT2D eigenvalue weighted by atomic mass is 9.96. The van der Waals surface area contributed by atoms with Crippen LogP contribution in [0.2, 0.25) is 0 Å². The van der Waals surface area contributed by atoms with Gasteiger partial charge >= 0.3 is 6.18 Å². The number of aryl methyl sites for hydroxylation is 2. The largest absolute Gasteiger partial charge is 0.433 e. The van der Waals surface area contributed by atoms with E-state index in [-0.39, 0.29) is 17.6 Å². The Hall–Kier alpha value is -3.28. The van der Waals surface area contributed by atoms with Crippen LogP contribution in [0.3, 0.4) is 0 Å². The molecular weight excluding hydrogens is 443 g/mol. The van der Waals surface area contributed by atoms with E-state index in [0.29, 0.717) is 35.4 Å². The lowest BCUT2D eigenvalue weighted by molar-refractivity contribution is -0.143. The van der Waals surface area contributed by atoms with Crippen molar-refractivity contribution in [2.45, 2.75) is 25.6 Å². The molecule has 0 unspecified atom stereocenters. The van der Waals surface area contributed by atoms with Crippen molar-refractivity contribution < 1.29 is 18.0 Å². The summed E-state index contributed by atoms with van der Waals surface area (Å²) < 4.78 is 42.9. The summed E-state index contributed by atoms with van der Waals surface area (Å²) in [5.74, 6) is -0.171. The summed E-state index contributed by atoms with van der Waals surface area (Å²) in [5, 5.41) is 8.64. The summed E-state index contributed by atoms with van der Waals surface area (Å²) in [6, 6.07) is 0.676. The van der Waals surface area contributed by atoms with Gasteiger partial charge in [-0.25, -0.2) is 4.98 Å². The van der Waals surface area contributed by atoms with Crippen LogP contribution in [0, 0.1) is 0 Å². The highest BCUT2D eigenvalue weighted by atomic mass is 32.1. The van der Waals surface area contributed by atoms with Gasteiger partial charge in [0.05, 0.1) is 39.4 Å². The molecule has 1 amide bonds. The van der Waals surface area contributed by atoms with Gasteiger partial charge in [-0.05, 0) is 19.4 Å². The molecule has 12 heteroatoms. The Morgan fingerprint density at radius 1 is 1.19 bits per heavy atom. The molecule has 0 spiro atoms. The number of halogens is 3. The molecule has 4 aromatic rings. The summed E-state index contributed by atoms with van der Waals surface area (Å²) in [5.41, 5.74) is 4.22. The van der Waals surface area contributed by atoms with E-state index in [1.54, 1.807) is 34.5 Å². The van der Waals surface area contributed by atoms with Crippen molar-refractivity contribution >= 4 is 27.5 Å². The van der Waals surface area contributed by atoms with Crippen molar-refractivity contribution in [1.29, 1.82) is 0 Å². The number of rotatable bonds is 2. The number of aromatic nitrogens is 6. The molecule has 0 N–H and O–H groups in total. The zero-order valence-electron chi connectivity index (χ0n) is 17.4. The maximum Gasteiger partial charge on any atom is 0.433 e. The van der Waals surface area contributed by atoms with Gasteiger partial charge in [-0.15, -0.1) is 11.3 Å². The van der Waals surface area contributed by atoms with Gasteiger partial charge in [0.25, 0.3) is 5.91 Å². The van der Waals surface area contributed by atoms with E-state index in [1.807, 2.05) is 6.92 Å². The third-order valence-corrected chi connectivity index (χ3v) is 6.66. The number of pyridine rings is 1. The minimum Gasteiger partial charge on any atom is -0.330 e. The quantitative estimate of drug-likeness (QED) is 0.456.